The molecular weight excluding hydrogens is 408 g/mol. The molecule has 1 aliphatic rings. The SMILES string of the molecule is CC(C)CC1CN(c2ncccn2)CCN1C(=O)c1ccc(-c2ccc(Cl)cc2)cc1. The highest BCUT2D eigenvalue weighted by Crippen LogP contribution is 2.25. The van der Waals surface area contributed by atoms with Gasteiger partial charge in [-0.2, -0.15) is 0 Å². The van der Waals surface area contributed by atoms with Gasteiger partial charge >= 0.3 is 0 Å². The van der Waals surface area contributed by atoms with E-state index >= 15 is 0 Å². The smallest absolute Gasteiger partial charge is 0.254 e. The number of carbonyl (C=O) groups excluding carboxylic acids is 1. The van der Waals surface area contributed by atoms with Crippen LogP contribution in [-0.4, -0.2) is 46.5 Å². The van der Waals surface area contributed by atoms with Crippen molar-refractivity contribution in [2.24, 2.45) is 5.92 Å². The van der Waals surface area contributed by atoms with Gasteiger partial charge in [-0.05, 0) is 53.8 Å². The Hall–Kier alpha value is -2.92. The first-order chi connectivity index (χ1) is 15.0. The van der Waals surface area contributed by atoms with Crippen LogP contribution in [0.3, 0.4) is 0 Å². The fourth-order valence-corrected chi connectivity index (χ4v) is 4.24. The first-order valence-corrected chi connectivity index (χ1v) is 11.1. The van der Waals surface area contributed by atoms with Gasteiger partial charge in [0, 0.05) is 48.7 Å². The van der Waals surface area contributed by atoms with Crippen LogP contribution in [0.2, 0.25) is 5.02 Å². The highest BCUT2D eigenvalue weighted by Gasteiger charge is 2.32. The quantitative estimate of drug-likeness (QED) is 0.555. The minimum absolute atomic E-state index is 0.0851. The van der Waals surface area contributed by atoms with Crippen molar-refractivity contribution in [3.8, 4) is 11.1 Å². The highest BCUT2D eigenvalue weighted by molar-refractivity contribution is 6.30. The standard InChI is InChI=1S/C25H27ClN4O/c1-18(2)16-23-17-29(25-27-12-3-13-28-25)14-15-30(23)24(31)21-6-4-19(5-7-21)20-8-10-22(26)11-9-20/h3-13,18,23H,14-17H2,1-2H3. The maximum Gasteiger partial charge on any atom is 0.254 e. The van der Waals surface area contributed by atoms with Crippen LogP contribution in [0, 0.1) is 5.92 Å². The summed E-state index contributed by atoms with van der Waals surface area (Å²) < 4.78 is 0. The normalized spacial score (nSPS) is 16.6. The van der Waals surface area contributed by atoms with Gasteiger partial charge in [-0.3, -0.25) is 4.79 Å². The molecule has 0 N–H and O–H groups in total. The lowest BCUT2D eigenvalue weighted by Crippen LogP contribution is -2.56. The molecule has 0 radical (unpaired) electrons. The van der Waals surface area contributed by atoms with Crippen molar-refractivity contribution in [1.29, 1.82) is 0 Å². The summed E-state index contributed by atoms with van der Waals surface area (Å²) >= 11 is 5.99. The number of rotatable bonds is 5. The predicted octanol–water partition coefficient (Wildman–Crippen LogP) is 5.17. The lowest BCUT2D eigenvalue weighted by atomic mass is 9.98. The fraction of sp³-hybridized carbons (Fsp3) is 0.320. The van der Waals surface area contributed by atoms with E-state index < -0.39 is 0 Å². The lowest BCUT2D eigenvalue weighted by molar-refractivity contribution is 0.0631. The van der Waals surface area contributed by atoms with E-state index in [2.05, 4.69) is 28.7 Å². The summed E-state index contributed by atoms with van der Waals surface area (Å²) in [6, 6.07) is 17.5. The molecule has 0 spiro atoms. The summed E-state index contributed by atoms with van der Waals surface area (Å²) in [5.41, 5.74) is 2.87. The largest absolute Gasteiger partial charge is 0.337 e. The maximum atomic E-state index is 13.4. The molecule has 1 fully saturated rings. The topological polar surface area (TPSA) is 49.3 Å². The minimum Gasteiger partial charge on any atom is -0.337 e. The maximum absolute atomic E-state index is 13.4. The monoisotopic (exact) mass is 434 g/mol. The van der Waals surface area contributed by atoms with Crippen LogP contribution < -0.4 is 4.90 Å². The predicted molar refractivity (Wildman–Crippen MR) is 125 cm³/mol. The summed E-state index contributed by atoms with van der Waals surface area (Å²) in [5, 5.41) is 0.715. The van der Waals surface area contributed by atoms with E-state index in [0.29, 0.717) is 17.5 Å². The molecule has 1 atom stereocenters. The lowest BCUT2D eigenvalue weighted by Gasteiger charge is -2.42. The summed E-state index contributed by atoms with van der Waals surface area (Å²) in [6.45, 7) is 6.53. The second-order valence-corrected chi connectivity index (χ2v) is 8.80. The number of benzene rings is 2. The number of hydrogen-bond acceptors (Lipinski definition) is 4. The van der Waals surface area contributed by atoms with E-state index in [1.165, 1.54) is 0 Å². The summed E-state index contributed by atoms with van der Waals surface area (Å²) in [5.74, 6) is 1.31. The van der Waals surface area contributed by atoms with Crippen molar-refractivity contribution >= 4 is 23.5 Å². The van der Waals surface area contributed by atoms with Gasteiger partial charge in [0.05, 0.1) is 0 Å². The molecule has 1 amide bonds. The molecule has 1 aliphatic heterocycles. The molecule has 160 valence electrons. The zero-order chi connectivity index (χ0) is 21.8. The van der Waals surface area contributed by atoms with Crippen molar-refractivity contribution in [3.63, 3.8) is 0 Å². The van der Waals surface area contributed by atoms with E-state index in [4.69, 9.17) is 11.6 Å². The number of hydrogen-bond donors (Lipinski definition) is 0. The third kappa shape index (κ3) is 5.05. The Morgan fingerprint density at radius 2 is 1.61 bits per heavy atom. The zero-order valence-electron chi connectivity index (χ0n) is 17.9. The molecule has 0 saturated carbocycles. The molecule has 31 heavy (non-hydrogen) atoms. The average Bonchev–Trinajstić information content (AvgIpc) is 2.79. The van der Waals surface area contributed by atoms with E-state index in [1.807, 2.05) is 59.5 Å². The third-order valence-electron chi connectivity index (χ3n) is 5.63. The Morgan fingerprint density at radius 1 is 1.00 bits per heavy atom. The second kappa shape index (κ2) is 9.48. The Labute approximate surface area is 188 Å². The highest BCUT2D eigenvalue weighted by atomic mass is 35.5. The Kier molecular flexibility index (Phi) is 6.52. The molecule has 2 heterocycles. The Morgan fingerprint density at radius 3 is 2.23 bits per heavy atom. The van der Waals surface area contributed by atoms with Gasteiger partial charge in [-0.15, -0.1) is 0 Å². The van der Waals surface area contributed by atoms with E-state index in [9.17, 15) is 4.79 Å². The molecule has 2 aromatic carbocycles. The van der Waals surface area contributed by atoms with Crippen molar-refractivity contribution < 1.29 is 4.79 Å². The number of halogens is 1. The molecule has 0 bridgehead atoms. The van der Waals surface area contributed by atoms with Crippen molar-refractivity contribution in [1.82, 2.24) is 14.9 Å². The summed E-state index contributed by atoms with van der Waals surface area (Å²) in [6.07, 6.45) is 4.47. The van der Waals surface area contributed by atoms with Crippen LogP contribution >= 0.6 is 11.6 Å². The molecule has 3 aromatic rings. The molecule has 6 heteroatoms. The Balaban J connectivity index is 1.51. The first kappa shape index (κ1) is 21.3. The van der Waals surface area contributed by atoms with Crippen LogP contribution in [0.4, 0.5) is 5.95 Å². The van der Waals surface area contributed by atoms with Gasteiger partial charge < -0.3 is 9.80 Å². The number of anilines is 1. The number of piperazine rings is 1. The molecule has 5 nitrogen and oxygen atoms in total. The van der Waals surface area contributed by atoms with Gasteiger partial charge in [0.2, 0.25) is 5.95 Å². The van der Waals surface area contributed by atoms with E-state index in [0.717, 1.165) is 42.1 Å². The summed E-state index contributed by atoms with van der Waals surface area (Å²) in [4.78, 5) is 26.4. The molecule has 1 unspecified atom stereocenters. The molecule has 0 aliphatic carbocycles. The summed E-state index contributed by atoms with van der Waals surface area (Å²) in [7, 11) is 0. The number of nitrogens with zero attached hydrogens (tertiary/aromatic N) is 4. The minimum atomic E-state index is 0.0851. The van der Waals surface area contributed by atoms with Gasteiger partial charge in [0.1, 0.15) is 0 Å². The van der Waals surface area contributed by atoms with Crippen molar-refractivity contribution in [2.45, 2.75) is 26.3 Å². The molecular formula is C25H27ClN4O. The van der Waals surface area contributed by atoms with Gasteiger partial charge in [0.15, 0.2) is 0 Å². The van der Waals surface area contributed by atoms with Crippen LogP contribution in [0.5, 0.6) is 0 Å². The first-order valence-electron chi connectivity index (χ1n) is 10.7. The average molecular weight is 435 g/mol. The zero-order valence-corrected chi connectivity index (χ0v) is 18.7. The van der Waals surface area contributed by atoms with E-state index in [1.54, 1.807) is 12.4 Å². The van der Waals surface area contributed by atoms with Crippen LogP contribution in [0.1, 0.15) is 30.6 Å². The van der Waals surface area contributed by atoms with Crippen LogP contribution in [-0.2, 0) is 0 Å². The molecule has 1 saturated heterocycles. The van der Waals surface area contributed by atoms with Gasteiger partial charge in [-0.25, -0.2) is 9.97 Å². The molecule has 4 rings (SSSR count). The fourth-order valence-electron chi connectivity index (χ4n) is 4.12. The van der Waals surface area contributed by atoms with Crippen molar-refractivity contribution in [3.05, 3.63) is 77.6 Å². The Bertz CT molecular complexity index is 1010. The van der Waals surface area contributed by atoms with E-state index in [-0.39, 0.29) is 11.9 Å². The second-order valence-electron chi connectivity index (χ2n) is 8.36. The number of aromatic nitrogens is 2. The molecule has 1 aromatic heterocycles. The number of amides is 1. The van der Waals surface area contributed by atoms with Crippen molar-refractivity contribution in [2.75, 3.05) is 24.5 Å². The van der Waals surface area contributed by atoms with Gasteiger partial charge in [0.25, 0.3) is 5.91 Å². The third-order valence-corrected chi connectivity index (χ3v) is 5.88. The van der Waals surface area contributed by atoms with Gasteiger partial charge in [-0.1, -0.05) is 49.7 Å². The number of carbonyl (C=O) groups is 1. The van der Waals surface area contributed by atoms with Crippen LogP contribution in [0.25, 0.3) is 11.1 Å². The van der Waals surface area contributed by atoms with Crippen LogP contribution in [0.15, 0.2) is 67.0 Å².